The van der Waals surface area contributed by atoms with Crippen molar-refractivity contribution in [3.63, 3.8) is 0 Å². The number of benzene rings is 3. The maximum absolute atomic E-state index is 12.8. The lowest BCUT2D eigenvalue weighted by Gasteiger charge is -2.14. The quantitative estimate of drug-likeness (QED) is 0.331. The van der Waals surface area contributed by atoms with E-state index in [0.29, 0.717) is 11.3 Å². The van der Waals surface area contributed by atoms with Gasteiger partial charge in [0.15, 0.2) is 0 Å². The van der Waals surface area contributed by atoms with Crippen LogP contribution in [0.15, 0.2) is 76.8 Å². The highest BCUT2D eigenvalue weighted by molar-refractivity contribution is 7.92. The zero-order valence-electron chi connectivity index (χ0n) is 18.2. The van der Waals surface area contributed by atoms with Crippen molar-refractivity contribution in [3.05, 3.63) is 88.3 Å². The van der Waals surface area contributed by atoms with Gasteiger partial charge in [-0.3, -0.25) is 4.72 Å². The molecule has 0 heterocycles. The SMILES string of the molecule is C/C=C\c1cc(Oc2ccc(NS(=O)(=O)c3ccc(C)cc3)c(C(=O)OC)c2)ccc1N=O. The molecule has 0 unspecified atom stereocenters. The highest BCUT2D eigenvalue weighted by atomic mass is 32.2. The first-order valence-electron chi connectivity index (χ1n) is 9.87. The Morgan fingerprint density at radius 2 is 1.67 bits per heavy atom. The largest absolute Gasteiger partial charge is 0.465 e. The van der Waals surface area contributed by atoms with E-state index >= 15 is 0 Å². The lowest BCUT2D eigenvalue weighted by Crippen LogP contribution is -2.16. The molecule has 8 nitrogen and oxygen atoms in total. The Kier molecular flexibility index (Phi) is 7.24. The van der Waals surface area contributed by atoms with E-state index in [4.69, 9.17) is 9.47 Å². The van der Waals surface area contributed by atoms with Crippen molar-refractivity contribution in [2.45, 2.75) is 18.7 Å². The Morgan fingerprint density at radius 1 is 1.00 bits per heavy atom. The lowest BCUT2D eigenvalue weighted by atomic mass is 10.1. The van der Waals surface area contributed by atoms with Gasteiger partial charge in [0.05, 0.1) is 23.3 Å². The summed E-state index contributed by atoms with van der Waals surface area (Å²) in [6.07, 6.45) is 3.48. The van der Waals surface area contributed by atoms with Crippen molar-refractivity contribution in [1.82, 2.24) is 0 Å². The third-order valence-corrected chi connectivity index (χ3v) is 6.03. The van der Waals surface area contributed by atoms with Gasteiger partial charge < -0.3 is 9.47 Å². The summed E-state index contributed by atoms with van der Waals surface area (Å²) in [6.45, 7) is 3.66. The first kappa shape index (κ1) is 23.7. The number of hydrogen-bond donors (Lipinski definition) is 1. The first-order chi connectivity index (χ1) is 15.8. The van der Waals surface area contributed by atoms with E-state index in [1.165, 1.54) is 43.5 Å². The van der Waals surface area contributed by atoms with Crippen molar-refractivity contribution in [2.24, 2.45) is 5.18 Å². The van der Waals surface area contributed by atoms with Crippen molar-refractivity contribution < 1.29 is 22.7 Å². The first-order valence-corrected chi connectivity index (χ1v) is 11.4. The number of methoxy groups -OCH3 is 1. The summed E-state index contributed by atoms with van der Waals surface area (Å²) in [5.74, 6) is -0.0663. The molecule has 0 bridgehead atoms. The Hall–Kier alpha value is -3.98. The molecule has 0 saturated carbocycles. The molecule has 1 N–H and O–H groups in total. The standard InChI is InChI=1S/C24H22N2O6S/c1-4-5-17-14-18(8-12-22(17)25-28)32-19-9-13-23(21(15-19)24(27)31-3)26-33(29,30)20-10-6-16(2)7-11-20/h4-15,26H,1-3H3/b5-4-. The number of anilines is 1. The Labute approximate surface area is 191 Å². The minimum absolute atomic E-state index is 0.0226. The molecule has 0 saturated heterocycles. The number of carbonyl (C=O) groups excluding carboxylic acids is 1. The predicted octanol–water partition coefficient (Wildman–Crippen LogP) is 5.81. The second-order valence-corrected chi connectivity index (χ2v) is 8.71. The Balaban J connectivity index is 1.94. The third kappa shape index (κ3) is 5.64. The van der Waals surface area contributed by atoms with E-state index in [0.717, 1.165) is 5.56 Å². The summed E-state index contributed by atoms with van der Waals surface area (Å²) < 4.78 is 38.6. The second kappa shape index (κ2) is 10.1. The maximum Gasteiger partial charge on any atom is 0.340 e. The Bertz CT molecular complexity index is 1320. The number of nitrogens with one attached hydrogen (secondary N) is 1. The van der Waals surface area contributed by atoms with Crippen LogP contribution in [-0.4, -0.2) is 21.5 Å². The van der Waals surface area contributed by atoms with Crippen LogP contribution in [0.3, 0.4) is 0 Å². The molecule has 3 aromatic carbocycles. The summed E-state index contributed by atoms with van der Waals surface area (Å²) in [5, 5.41) is 2.98. The van der Waals surface area contributed by atoms with Crippen LogP contribution in [0.1, 0.15) is 28.4 Å². The number of esters is 1. The van der Waals surface area contributed by atoms with E-state index in [9.17, 15) is 18.1 Å². The Morgan fingerprint density at radius 3 is 2.30 bits per heavy atom. The van der Waals surface area contributed by atoms with Crippen molar-refractivity contribution in [2.75, 3.05) is 11.8 Å². The van der Waals surface area contributed by atoms with Gasteiger partial charge in [0.25, 0.3) is 10.0 Å². The molecule has 0 amide bonds. The number of nitroso groups, excluding NO2 is 1. The molecule has 0 aromatic heterocycles. The molecule has 0 radical (unpaired) electrons. The molecule has 3 rings (SSSR count). The average Bonchev–Trinajstić information content (AvgIpc) is 2.80. The van der Waals surface area contributed by atoms with Crippen LogP contribution in [0, 0.1) is 11.8 Å². The molecule has 0 atom stereocenters. The van der Waals surface area contributed by atoms with Crippen LogP contribution in [0.4, 0.5) is 11.4 Å². The fourth-order valence-electron chi connectivity index (χ4n) is 3.00. The number of aryl methyl sites for hydroxylation is 1. The summed E-state index contributed by atoms with van der Waals surface area (Å²) in [6, 6.07) is 15.3. The summed E-state index contributed by atoms with van der Waals surface area (Å²) in [7, 11) is -2.73. The van der Waals surface area contributed by atoms with Crippen LogP contribution in [0.2, 0.25) is 0 Å². The number of allylic oxidation sites excluding steroid dienone is 1. The minimum Gasteiger partial charge on any atom is -0.465 e. The van der Waals surface area contributed by atoms with Gasteiger partial charge in [-0.25, -0.2) is 13.2 Å². The van der Waals surface area contributed by atoms with Crippen molar-refractivity contribution in [3.8, 4) is 11.5 Å². The fourth-order valence-corrected chi connectivity index (χ4v) is 4.08. The summed E-state index contributed by atoms with van der Waals surface area (Å²) >= 11 is 0. The lowest BCUT2D eigenvalue weighted by molar-refractivity contribution is 0.0601. The normalized spacial score (nSPS) is 11.2. The van der Waals surface area contributed by atoms with E-state index in [1.54, 1.807) is 43.3 Å². The van der Waals surface area contributed by atoms with Crippen molar-refractivity contribution >= 4 is 33.4 Å². The van der Waals surface area contributed by atoms with Gasteiger partial charge in [0, 0.05) is 5.56 Å². The molecular weight excluding hydrogens is 444 g/mol. The van der Waals surface area contributed by atoms with Gasteiger partial charge in [-0.05, 0) is 67.6 Å². The number of sulfonamides is 1. The topological polar surface area (TPSA) is 111 Å². The van der Waals surface area contributed by atoms with E-state index < -0.39 is 16.0 Å². The number of hydrogen-bond acceptors (Lipinski definition) is 7. The van der Waals surface area contributed by atoms with Gasteiger partial charge in [-0.2, -0.15) is 0 Å². The van der Waals surface area contributed by atoms with Crippen LogP contribution in [0.25, 0.3) is 6.08 Å². The average molecular weight is 467 g/mol. The van der Waals surface area contributed by atoms with E-state index in [2.05, 4.69) is 9.90 Å². The van der Waals surface area contributed by atoms with Crippen LogP contribution >= 0.6 is 0 Å². The molecule has 170 valence electrons. The highest BCUT2D eigenvalue weighted by Gasteiger charge is 2.20. The summed E-state index contributed by atoms with van der Waals surface area (Å²) in [4.78, 5) is 23.4. The molecule has 0 aliphatic carbocycles. The fraction of sp³-hybridized carbons (Fsp3) is 0.125. The molecule has 0 fully saturated rings. The second-order valence-electron chi connectivity index (χ2n) is 7.03. The maximum atomic E-state index is 12.8. The van der Waals surface area contributed by atoms with E-state index in [1.807, 2.05) is 6.92 Å². The van der Waals surface area contributed by atoms with Crippen molar-refractivity contribution in [1.29, 1.82) is 0 Å². The molecule has 3 aromatic rings. The summed E-state index contributed by atoms with van der Waals surface area (Å²) in [5.41, 5.74) is 1.77. The molecular formula is C24H22N2O6S. The van der Waals surface area contributed by atoms with Crippen LogP contribution in [-0.2, 0) is 14.8 Å². The number of rotatable bonds is 8. The molecule has 0 spiro atoms. The smallest absolute Gasteiger partial charge is 0.340 e. The van der Waals surface area contributed by atoms with Gasteiger partial charge in [0.2, 0.25) is 0 Å². The molecule has 0 aliphatic rings. The number of ether oxygens (including phenoxy) is 2. The van der Waals surface area contributed by atoms with Crippen LogP contribution in [0.5, 0.6) is 11.5 Å². The minimum atomic E-state index is -3.93. The predicted molar refractivity (Wildman–Crippen MR) is 126 cm³/mol. The molecule has 33 heavy (non-hydrogen) atoms. The van der Waals surface area contributed by atoms with Gasteiger partial charge in [-0.1, -0.05) is 29.8 Å². The highest BCUT2D eigenvalue weighted by Crippen LogP contribution is 2.32. The van der Waals surface area contributed by atoms with Gasteiger partial charge >= 0.3 is 5.97 Å². The van der Waals surface area contributed by atoms with Gasteiger partial charge in [-0.15, -0.1) is 4.91 Å². The monoisotopic (exact) mass is 466 g/mol. The molecule has 0 aliphatic heterocycles. The number of carbonyl (C=O) groups is 1. The van der Waals surface area contributed by atoms with Crippen LogP contribution < -0.4 is 9.46 Å². The number of nitrogens with zero attached hydrogens (tertiary/aromatic N) is 1. The van der Waals surface area contributed by atoms with Gasteiger partial charge in [0.1, 0.15) is 17.2 Å². The zero-order chi connectivity index (χ0) is 24.0. The van der Waals surface area contributed by atoms with E-state index in [-0.39, 0.29) is 27.6 Å². The third-order valence-electron chi connectivity index (χ3n) is 4.65. The zero-order valence-corrected chi connectivity index (χ0v) is 19.0. The molecule has 9 heteroatoms.